The van der Waals surface area contributed by atoms with Gasteiger partial charge < -0.3 is 5.32 Å². The normalized spacial score (nSPS) is 10.7. The molecule has 25 heavy (non-hydrogen) atoms. The predicted octanol–water partition coefficient (Wildman–Crippen LogP) is 4.66. The fourth-order valence-electron chi connectivity index (χ4n) is 2.61. The topological polar surface area (TPSA) is 54.0 Å². The molecule has 4 nitrogen and oxygen atoms in total. The van der Waals surface area contributed by atoms with Crippen LogP contribution in [0.5, 0.6) is 0 Å². The van der Waals surface area contributed by atoms with Crippen LogP contribution >= 0.6 is 23.6 Å². The average molecular weight is 370 g/mol. The first-order chi connectivity index (χ1) is 11.8. The minimum Gasteiger partial charge on any atom is -0.308 e. The van der Waals surface area contributed by atoms with Gasteiger partial charge in [-0.05, 0) is 80.4 Å². The number of carbonyl (C=O) groups is 1. The Morgan fingerprint density at radius 1 is 1.04 bits per heavy atom. The summed E-state index contributed by atoms with van der Waals surface area (Å²) in [5, 5.41) is 6.64. The second-order valence-electron chi connectivity index (χ2n) is 6.15. The second-order valence-corrected chi connectivity index (χ2v) is 7.59. The lowest BCUT2D eigenvalue weighted by Gasteiger charge is -2.08. The van der Waals surface area contributed by atoms with E-state index in [0.717, 1.165) is 26.9 Å². The number of rotatable bonds is 2. The van der Waals surface area contributed by atoms with Crippen molar-refractivity contribution in [3.8, 4) is 0 Å². The van der Waals surface area contributed by atoms with Crippen molar-refractivity contribution in [1.82, 2.24) is 10.3 Å². The highest BCUT2D eigenvalue weighted by Crippen LogP contribution is 2.29. The van der Waals surface area contributed by atoms with Crippen LogP contribution < -0.4 is 10.6 Å². The number of aromatic nitrogens is 1. The molecule has 1 aromatic heterocycles. The van der Waals surface area contributed by atoms with Crippen molar-refractivity contribution >= 4 is 49.9 Å². The third-order valence-electron chi connectivity index (χ3n) is 4.05. The number of benzene rings is 2. The fourth-order valence-corrected chi connectivity index (χ4v) is 3.91. The Labute approximate surface area is 156 Å². The van der Waals surface area contributed by atoms with E-state index in [-0.39, 0.29) is 11.0 Å². The van der Waals surface area contributed by atoms with E-state index in [9.17, 15) is 4.79 Å². The molecule has 6 heteroatoms. The number of hydrogen-bond acceptors (Lipinski definition) is 4. The Bertz CT molecular complexity index is 992. The number of aryl methyl sites for hydroxylation is 4. The number of nitrogens with one attached hydrogen (secondary N) is 2. The van der Waals surface area contributed by atoms with Crippen LogP contribution in [-0.4, -0.2) is 16.0 Å². The molecule has 3 rings (SSSR count). The summed E-state index contributed by atoms with van der Waals surface area (Å²) >= 11 is 6.78. The lowest BCUT2D eigenvalue weighted by atomic mass is 10.1. The fraction of sp³-hybridized carbons (Fsp3) is 0.211. The number of fused-ring (bicyclic) bond motifs is 1. The largest absolute Gasteiger partial charge is 0.308 e. The SMILES string of the molecule is Cc1cc(C)c2nc(NC(=S)NC(=O)c3ccc(C)c(C)c3)sc2c1. The Morgan fingerprint density at radius 2 is 1.80 bits per heavy atom. The number of anilines is 1. The summed E-state index contributed by atoms with van der Waals surface area (Å²) < 4.78 is 1.10. The number of thiazole rings is 1. The summed E-state index contributed by atoms with van der Waals surface area (Å²) in [5.74, 6) is -0.228. The third-order valence-corrected chi connectivity index (χ3v) is 5.17. The molecule has 0 atom stereocenters. The van der Waals surface area contributed by atoms with E-state index in [4.69, 9.17) is 12.2 Å². The van der Waals surface area contributed by atoms with Crippen molar-refractivity contribution in [2.24, 2.45) is 0 Å². The summed E-state index contributed by atoms with van der Waals surface area (Å²) in [6.07, 6.45) is 0. The molecular formula is C19H19N3OS2. The lowest BCUT2D eigenvalue weighted by Crippen LogP contribution is -2.34. The van der Waals surface area contributed by atoms with Gasteiger partial charge in [-0.15, -0.1) is 0 Å². The zero-order chi connectivity index (χ0) is 18.1. The second kappa shape index (κ2) is 6.90. The van der Waals surface area contributed by atoms with E-state index in [1.807, 2.05) is 32.9 Å². The van der Waals surface area contributed by atoms with Crippen LogP contribution in [0.15, 0.2) is 30.3 Å². The first-order valence-corrected chi connectivity index (χ1v) is 9.13. The van der Waals surface area contributed by atoms with Crippen molar-refractivity contribution in [3.05, 3.63) is 58.1 Å². The quantitative estimate of drug-likeness (QED) is 0.645. The summed E-state index contributed by atoms with van der Waals surface area (Å²) in [6, 6.07) is 9.79. The molecule has 1 heterocycles. The van der Waals surface area contributed by atoms with E-state index in [2.05, 4.69) is 34.7 Å². The van der Waals surface area contributed by atoms with Crippen molar-refractivity contribution < 1.29 is 4.79 Å². The molecule has 0 spiro atoms. The molecule has 2 aromatic carbocycles. The summed E-state index contributed by atoms with van der Waals surface area (Å²) in [4.78, 5) is 16.9. The van der Waals surface area contributed by atoms with Crippen molar-refractivity contribution in [1.29, 1.82) is 0 Å². The van der Waals surface area contributed by atoms with Gasteiger partial charge in [0.25, 0.3) is 5.91 Å². The van der Waals surface area contributed by atoms with E-state index < -0.39 is 0 Å². The van der Waals surface area contributed by atoms with Gasteiger partial charge in [-0.3, -0.25) is 10.1 Å². The molecule has 128 valence electrons. The van der Waals surface area contributed by atoms with E-state index in [1.165, 1.54) is 16.9 Å². The van der Waals surface area contributed by atoms with E-state index in [1.54, 1.807) is 6.07 Å². The molecule has 0 saturated heterocycles. The van der Waals surface area contributed by atoms with Gasteiger partial charge in [0.15, 0.2) is 10.2 Å². The van der Waals surface area contributed by atoms with Gasteiger partial charge in [0.2, 0.25) is 0 Å². The summed E-state index contributed by atoms with van der Waals surface area (Å²) in [6.45, 7) is 8.10. The van der Waals surface area contributed by atoms with Crippen LogP contribution in [0.3, 0.4) is 0 Å². The van der Waals surface area contributed by atoms with E-state index in [0.29, 0.717) is 10.7 Å². The number of nitrogens with zero attached hydrogens (tertiary/aromatic N) is 1. The first-order valence-electron chi connectivity index (χ1n) is 7.91. The Balaban J connectivity index is 1.73. The smallest absolute Gasteiger partial charge is 0.257 e. The number of amides is 1. The third kappa shape index (κ3) is 3.86. The molecule has 0 aliphatic rings. The Hall–Kier alpha value is -2.31. The van der Waals surface area contributed by atoms with Crippen LogP contribution in [0.4, 0.5) is 5.13 Å². The van der Waals surface area contributed by atoms with Crippen LogP contribution in [0.1, 0.15) is 32.6 Å². The van der Waals surface area contributed by atoms with Crippen LogP contribution in [0.2, 0.25) is 0 Å². The maximum atomic E-state index is 12.3. The lowest BCUT2D eigenvalue weighted by molar-refractivity contribution is 0.0977. The molecule has 0 unspecified atom stereocenters. The molecule has 0 aliphatic carbocycles. The zero-order valence-corrected chi connectivity index (χ0v) is 16.2. The number of carbonyl (C=O) groups excluding carboxylic acids is 1. The average Bonchev–Trinajstić information content (AvgIpc) is 2.92. The van der Waals surface area contributed by atoms with Gasteiger partial charge in [-0.1, -0.05) is 23.5 Å². The molecule has 1 amide bonds. The van der Waals surface area contributed by atoms with Crippen LogP contribution in [0, 0.1) is 27.7 Å². The highest BCUT2D eigenvalue weighted by Gasteiger charge is 2.12. The van der Waals surface area contributed by atoms with Crippen LogP contribution in [-0.2, 0) is 0 Å². The molecule has 2 N–H and O–H groups in total. The maximum Gasteiger partial charge on any atom is 0.257 e. The van der Waals surface area contributed by atoms with Crippen LogP contribution in [0.25, 0.3) is 10.2 Å². The Kier molecular flexibility index (Phi) is 4.83. The molecule has 0 aliphatic heterocycles. The standard InChI is InChI=1S/C19H19N3OS2/c1-10-7-13(4)16-15(8-10)25-19(20-16)22-18(24)21-17(23)14-6-5-11(2)12(3)9-14/h5-9H,1-4H3,(H2,20,21,22,23,24). The molecule has 0 fully saturated rings. The van der Waals surface area contributed by atoms with Crippen molar-refractivity contribution in [2.45, 2.75) is 27.7 Å². The monoisotopic (exact) mass is 369 g/mol. The van der Waals surface area contributed by atoms with Crippen molar-refractivity contribution in [3.63, 3.8) is 0 Å². The molecular weight excluding hydrogens is 350 g/mol. The van der Waals surface area contributed by atoms with E-state index >= 15 is 0 Å². The molecule has 0 radical (unpaired) electrons. The minimum atomic E-state index is -0.228. The van der Waals surface area contributed by atoms with Crippen molar-refractivity contribution in [2.75, 3.05) is 5.32 Å². The van der Waals surface area contributed by atoms with Gasteiger partial charge in [0.1, 0.15) is 0 Å². The predicted molar refractivity (Wildman–Crippen MR) is 109 cm³/mol. The van der Waals surface area contributed by atoms with Gasteiger partial charge in [-0.25, -0.2) is 4.98 Å². The first kappa shape index (κ1) is 17.5. The summed E-state index contributed by atoms with van der Waals surface area (Å²) in [7, 11) is 0. The number of hydrogen-bond donors (Lipinski definition) is 2. The Morgan fingerprint density at radius 3 is 2.52 bits per heavy atom. The van der Waals surface area contributed by atoms with Gasteiger partial charge in [0.05, 0.1) is 10.2 Å². The van der Waals surface area contributed by atoms with Gasteiger partial charge >= 0.3 is 0 Å². The minimum absolute atomic E-state index is 0.228. The van der Waals surface area contributed by atoms with Gasteiger partial charge in [0, 0.05) is 5.56 Å². The highest BCUT2D eigenvalue weighted by atomic mass is 32.1. The maximum absolute atomic E-state index is 12.3. The molecule has 0 bridgehead atoms. The highest BCUT2D eigenvalue weighted by molar-refractivity contribution is 7.80. The zero-order valence-electron chi connectivity index (χ0n) is 14.6. The molecule has 0 saturated carbocycles. The molecule has 3 aromatic rings. The van der Waals surface area contributed by atoms with Gasteiger partial charge in [-0.2, -0.15) is 0 Å². The summed E-state index contributed by atoms with van der Waals surface area (Å²) in [5.41, 5.74) is 6.10. The number of thiocarbonyl (C=S) groups is 1.